The van der Waals surface area contributed by atoms with Gasteiger partial charge in [-0.05, 0) is 65.9 Å². The van der Waals surface area contributed by atoms with E-state index >= 15 is 0 Å². The lowest BCUT2D eigenvalue weighted by Gasteiger charge is -2.36. The van der Waals surface area contributed by atoms with E-state index in [0.717, 1.165) is 39.8 Å². The second kappa shape index (κ2) is 11.0. The normalized spacial score (nSPS) is 15.1. The molecule has 3 aromatic carbocycles. The zero-order chi connectivity index (χ0) is 24.1. The summed E-state index contributed by atoms with van der Waals surface area (Å²) in [5, 5.41) is 22.4. The van der Waals surface area contributed by atoms with E-state index in [0.29, 0.717) is 37.2 Å². The van der Waals surface area contributed by atoms with Crippen LogP contribution in [0.25, 0.3) is 11.1 Å². The van der Waals surface area contributed by atoms with E-state index in [2.05, 4.69) is 52.2 Å². The van der Waals surface area contributed by atoms with Crippen LogP contribution < -0.4 is 0 Å². The summed E-state index contributed by atoms with van der Waals surface area (Å²) in [5.74, 6) is 0.314. The van der Waals surface area contributed by atoms with E-state index in [1.807, 2.05) is 42.5 Å². The van der Waals surface area contributed by atoms with Crippen molar-refractivity contribution < 1.29 is 14.9 Å². The van der Waals surface area contributed by atoms with Gasteiger partial charge in [-0.1, -0.05) is 46.3 Å². The second-order valence-corrected chi connectivity index (χ2v) is 9.44. The monoisotopic (exact) mass is 519 g/mol. The number of morpholine rings is 1. The predicted molar refractivity (Wildman–Crippen MR) is 141 cm³/mol. The molecule has 34 heavy (non-hydrogen) atoms. The molecule has 1 aliphatic rings. The van der Waals surface area contributed by atoms with E-state index in [9.17, 15) is 10.2 Å². The average molecular weight is 520 g/mol. The van der Waals surface area contributed by atoms with Crippen molar-refractivity contribution in [2.24, 2.45) is 0 Å². The maximum atomic E-state index is 11.7. The van der Waals surface area contributed by atoms with E-state index < -0.39 is 0 Å². The van der Waals surface area contributed by atoms with Gasteiger partial charge in [0.15, 0.2) is 0 Å². The van der Waals surface area contributed by atoms with Gasteiger partial charge >= 0.3 is 0 Å². The number of hydrogen-bond acceptors (Lipinski definition) is 4. The number of halogens is 1. The maximum Gasteiger partial charge on any atom is 0.128 e. The Morgan fingerprint density at radius 1 is 0.882 bits per heavy atom. The van der Waals surface area contributed by atoms with Crippen LogP contribution in [0.3, 0.4) is 0 Å². The van der Waals surface area contributed by atoms with Crippen molar-refractivity contribution in [2.45, 2.75) is 18.9 Å². The molecule has 1 atom stereocenters. The third-order valence-electron chi connectivity index (χ3n) is 6.20. The molecular weight excluding hydrogens is 490 g/mol. The summed E-state index contributed by atoms with van der Waals surface area (Å²) >= 11 is 3.53. The molecule has 0 aromatic heterocycles. The quantitative estimate of drug-likeness (QED) is 0.338. The lowest BCUT2D eigenvalue weighted by molar-refractivity contribution is 0.0235. The molecule has 0 bridgehead atoms. The Balaban J connectivity index is 1.92. The molecule has 0 aliphatic carbocycles. The molecule has 1 unspecified atom stereocenters. The van der Waals surface area contributed by atoms with Gasteiger partial charge in [-0.3, -0.25) is 4.90 Å². The van der Waals surface area contributed by atoms with Crippen molar-refractivity contribution in [3.63, 3.8) is 0 Å². The molecule has 0 radical (unpaired) electrons. The van der Waals surface area contributed by atoms with Gasteiger partial charge in [0.2, 0.25) is 0 Å². The van der Waals surface area contributed by atoms with Crippen molar-refractivity contribution in [3.8, 4) is 22.6 Å². The second-order valence-electron chi connectivity index (χ2n) is 8.52. The van der Waals surface area contributed by atoms with Crippen molar-refractivity contribution in [2.75, 3.05) is 26.3 Å². The van der Waals surface area contributed by atoms with Gasteiger partial charge in [-0.25, -0.2) is 0 Å². The molecule has 5 heteroatoms. The first kappa shape index (κ1) is 24.3. The van der Waals surface area contributed by atoms with E-state index in [1.54, 1.807) is 6.07 Å². The highest BCUT2D eigenvalue weighted by Crippen LogP contribution is 2.44. The topological polar surface area (TPSA) is 52.9 Å². The summed E-state index contributed by atoms with van der Waals surface area (Å²) in [6.07, 6.45) is 5.03. The summed E-state index contributed by atoms with van der Waals surface area (Å²) in [7, 11) is 0. The number of hydrogen-bond donors (Lipinski definition) is 2. The fourth-order valence-corrected chi connectivity index (χ4v) is 4.84. The highest BCUT2D eigenvalue weighted by molar-refractivity contribution is 9.10. The highest BCUT2D eigenvalue weighted by Gasteiger charge is 2.28. The van der Waals surface area contributed by atoms with Crippen LogP contribution >= 0.6 is 15.9 Å². The lowest BCUT2D eigenvalue weighted by atomic mass is 9.89. The zero-order valence-corrected chi connectivity index (χ0v) is 20.8. The molecule has 1 saturated heterocycles. The fourth-order valence-electron chi connectivity index (χ4n) is 4.58. The molecule has 0 spiro atoms. The Kier molecular flexibility index (Phi) is 7.88. The fraction of sp³-hybridized carbons (Fsp3) is 0.241. The van der Waals surface area contributed by atoms with Crippen molar-refractivity contribution >= 4 is 15.9 Å². The van der Waals surface area contributed by atoms with Gasteiger partial charge in [0.25, 0.3) is 0 Å². The van der Waals surface area contributed by atoms with Crippen LogP contribution in [0.15, 0.2) is 84.4 Å². The molecule has 0 saturated carbocycles. The lowest BCUT2D eigenvalue weighted by Crippen LogP contribution is -2.39. The molecular formula is C29H30BrNO3. The Bertz CT molecular complexity index is 1170. The number of allylic oxidation sites excluding steroid dienone is 2. The Morgan fingerprint density at radius 3 is 2.21 bits per heavy atom. The first-order chi connectivity index (χ1) is 16.5. The largest absolute Gasteiger partial charge is 0.507 e. The molecule has 1 fully saturated rings. The summed E-state index contributed by atoms with van der Waals surface area (Å²) in [6.45, 7) is 10.6. The summed E-state index contributed by atoms with van der Waals surface area (Å²) in [5.41, 5.74) is 5.18. The van der Waals surface area contributed by atoms with Gasteiger partial charge in [-0.15, -0.1) is 13.2 Å². The molecule has 4 rings (SSSR count). The summed E-state index contributed by atoms with van der Waals surface area (Å²) in [6, 6.07) is 17.6. The van der Waals surface area contributed by atoms with Crippen LogP contribution in [0.5, 0.6) is 11.5 Å². The number of benzene rings is 3. The predicted octanol–water partition coefficient (Wildman–Crippen LogP) is 6.41. The molecule has 4 nitrogen and oxygen atoms in total. The minimum absolute atomic E-state index is 0.136. The molecule has 1 aliphatic heterocycles. The number of aromatic hydroxyl groups is 2. The van der Waals surface area contributed by atoms with Crippen LogP contribution in [0.2, 0.25) is 0 Å². The highest BCUT2D eigenvalue weighted by atomic mass is 79.9. The number of nitrogens with zero attached hydrogens (tertiary/aromatic N) is 1. The zero-order valence-electron chi connectivity index (χ0n) is 19.2. The van der Waals surface area contributed by atoms with Crippen molar-refractivity contribution in [1.29, 1.82) is 0 Å². The van der Waals surface area contributed by atoms with Crippen molar-refractivity contribution in [1.82, 2.24) is 4.90 Å². The molecule has 176 valence electrons. The van der Waals surface area contributed by atoms with Gasteiger partial charge in [-0.2, -0.15) is 0 Å². The van der Waals surface area contributed by atoms with Gasteiger partial charge in [0.05, 0.1) is 19.3 Å². The van der Waals surface area contributed by atoms with E-state index in [1.165, 1.54) is 0 Å². The standard InChI is InChI=1S/C29H30BrNO3/c1-3-5-20-7-12-27(32)24(17-20)25-18-21(6-4-2)19-26(29(25)33)28(31-13-15-34-16-14-31)22-8-10-23(30)11-9-22/h3-4,7-12,17-19,28,32-33H,1-2,5-6,13-16H2. The first-order valence-corrected chi connectivity index (χ1v) is 12.3. The summed E-state index contributed by atoms with van der Waals surface area (Å²) in [4.78, 5) is 2.34. The molecule has 3 aromatic rings. The van der Waals surface area contributed by atoms with Crippen LogP contribution in [-0.4, -0.2) is 41.4 Å². The third kappa shape index (κ3) is 5.27. The van der Waals surface area contributed by atoms with Crippen LogP contribution in [0, 0.1) is 0 Å². The van der Waals surface area contributed by atoms with Crippen LogP contribution in [0.4, 0.5) is 0 Å². The maximum absolute atomic E-state index is 11.7. The van der Waals surface area contributed by atoms with Gasteiger partial charge in [0.1, 0.15) is 11.5 Å². The van der Waals surface area contributed by atoms with E-state index in [4.69, 9.17) is 4.74 Å². The number of ether oxygens (including phenoxy) is 1. The van der Waals surface area contributed by atoms with E-state index in [-0.39, 0.29) is 17.5 Å². The first-order valence-electron chi connectivity index (χ1n) is 11.5. The average Bonchev–Trinajstić information content (AvgIpc) is 2.84. The number of phenolic OH excluding ortho intramolecular Hbond substituents is 2. The summed E-state index contributed by atoms with van der Waals surface area (Å²) < 4.78 is 6.62. The van der Waals surface area contributed by atoms with Crippen molar-refractivity contribution in [3.05, 3.63) is 107 Å². The molecule has 0 amide bonds. The molecule has 1 heterocycles. The van der Waals surface area contributed by atoms with Gasteiger partial charge in [0, 0.05) is 34.3 Å². The SMILES string of the molecule is C=CCc1ccc(O)c(-c2cc(CC=C)cc(C(c3ccc(Br)cc3)N3CCOCC3)c2O)c1. The number of rotatable bonds is 8. The Morgan fingerprint density at radius 2 is 1.53 bits per heavy atom. The van der Waals surface area contributed by atoms with Crippen LogP contribution in [0.1, 0.15) is 28.3 Å². The Labute approximate surface area is 210 Å². The minimum atomic E-state index is -0.154. The van der Waals surface area contributed by atoms with Crippen LogP contribution in [-0.2, 0) is 17.6 Å². The minimum Gasteiger partial charge on any atom is -0.507 e. The smallest absolute Gasteiger partial charge is 0.128 e. The molecule has 2 N–H and O–H groups in total. The third-order valence-corrected chi connectivity index (χ3v) is 6.73. The van der Waals surface area contributed by atoms with Gasteiger partial charge < -0.3 is 14.9 Å². The Hall–Kier alpha value is -2.86. The number of phenols is 2.